The zero-order valence-electron chi connectivity index (χ0n) is 14.5. The van der Waals surface area contributed by atoms with E-state index in [4.69, 9.17) is 0 Å². The van der Waals surface area contributed by atoms with Crippen LogP contribution in [0.4, 0.5) is 5.13 Å². The van der Waals surface area contributed by atoms with Crippen molar-refractivity contribution in [1.29, 1.82) is 0 Å². The summed E-state index contributed by atoms with van der Waals surface area (Å²) >= 11 is 1.35. The van der Waals surface area contributed by atoms with Gasteiger partial charge in [0.2, 0.25) is 0 Å². The van der Waals surface area contributed by atoms with Gasteiger partial charge in [-0.25, -0.2) is 9.67 Å². The summed E-state index contributed by atoms with van der Waals surface area (Å²) in [6.45, 7) is 6.20. The molecule has 0 atom stereocenters. The number of nitrogens with zero attached hydrogens (tertiary/aromatic N) is 3. The Morgan fingerprint density at radius 3 is 2.56 bits per heavy atom. The zero-order valence-corrected chi connectivity index (χ0v) is 15.3. The Balaban J connectivity index is 1.84. The third-order valence-electron chi connectivity index (χ3n) is 4.03. The van der Waals surface area contributed by atoms with Crippen molar-refractivity contribution < 1.29 is 4.79 Å². The van der Waals surface area contributed by atoms with Crippen LogP contribution in [0.2, 0.25) is 0 Å². The van der Waals surface area contributed by atoms with Crippen LogP contribution in [0, 0.1) is 20.8 Å². The van der Waals surface area contributed by atoms with E-state index in [0.717, 1.165) is 21.5 Å². The SMILES string of the molecule is Cc1cc(C)c(-c2csc(NC(=O)c3ccc(=O)n(C)n3)n2)cc1C. The van der Waals surface area contributed by atoms with Crippen molar-refractivity contribution in [2.45, 2.75) is 20.8 Å². The van der Waals surface area contributed by atoms with Gasteiger partial charge in [0.25, 0.3) is 11.5 Å². The molecule has 0 aliphatic rings. The number of rotatable bonds is 3. The lowest BCUT2D eigenvalue weighted by atomic mass is 9.99. The number of benzene rings is 1. The molecule has 1 amide bonds. The lowest BCUT2D eigenvalue weighted by Gasteiger charge is -2.07. The number of carbonyl (C=O) groups is 1. The second kappa shape index (κ2) is 6.60. The topological polar surface area (TPSA) is 76.9 Å². The van der Waals surface area contributed by atoms with Crippen LogP contribution in [0.15, 0.2) is 34.4 Å². The van der Waals surface area contributed by atoms with Gasteiger partial charge in [0.05, 0.1) is 5.69 Å². The van der Waals surface area contributed by atoms with Crippen LogP contribution in [0.5, 0.6) is 0 Å². The lowest BCUT2D eigenvalue weighted by molar-refractivity contribution is 0.102. The highest BCUT2D eigenvalue weighted by Gasteiger charge is 2.13. The fourth-order valence-electron chi connectivity index (χ4n) is 2.48. The minimum Gasteiger partial charge on any atom is -0.296 e. The third kappa shape index (κ3) is 3.51. The highest BCUT2D eigenvalue weighted by Crippen LogP contribution is 2.29. The van der Waals surface area contributed by atoms with Crippen molar-refractivity contribution in [2.75, 3.05) is 5.32 Å². The van der Waals surface area contributed by atoms with Gasteiger partial charge in [-0.15, -0.1) is 11.3 Å². The molecular weight excluding hydrogens is 336 g/mol. The standard InChI is InChI=1S/C18H18N4O2S/c1-10-7-12(3)13(8-11(10)2)15-9-25-18(19-15)20-17(24)14-5-6-16(23)22(4)21-14/h5-9H,1-4H3,(H,19,20,24). The zero-order chi connectivity index (χ0) is 18.1. The summed E-state index contributed by atoms with van der Waals surface area (Å²) in [5, 5.41) is 9.08. The molecule has 1 aromatic carbocycles. The maximum Gasteiger partial charge on any atom is 0.277 e. The molecule has 128 valence electrons. The van der Waals surface area contributed by atoms with Gasteiger partial charge in [-0.2, -0.15) is 5.10 Å². The van der Waals surface area contributed by atoms with Crippen LogP contribution in [0.1, 0.15) is 27.2 Å². The molecule has 6 nitrogen and oxygen atoms in total. The van der Waals surface area contributed by atoms with Gasteiger partial charge >= 0.3 is 0 Å². The molecule has 0 unspecified atom stereocenters. The highest BCUT2D eigenvalue weighted by atomic mass is 32.1. The molecule has 1 N–H and O–H groups in total. The van der Waals surface area contributed by atoms with Gasteiger partial charge in [-0.3, -0.25) is 14.9 Å². The minimum atomic E-state index is -0.395. The average molecular weight is 354 g/mol. The van der Waals surface area contributed by atoms with Crippen molar-refractivity contribution in [3.05, 3.63) is 62.4 Å². The molecule has 0 spiro atoms. The first kappa shape index (κ1) is 17.0. The second-order valence-electron chi connectivity index (χ2n) is 5.92. The monoisotopic (exact) mass is 354 g/mol. The summed E-state index contributed by atoms with van der Waals surface area (Å²) in [6.07, 6.45) is 0. The summed E-state index contributed by atoms with van der Waals surface area (Å²) in [7, 11) is 1.50. The first-order valence-electron chi connectivity index (χ1n) is 7.74. The van der Waals surface area contributed by atoms with Crippen molar-refractivity contribution in [1.82, 2.24) is 14.8 Å². The number of aryl methyl sites for hydroxylation is 4. The molecule has 25 heavy (non-hydrogen) atoms. The van der Waals surface area contributed by atoms with Crippen molar-refractivity contribution in [2.24, 2.45) is 7.05 Å². The van der Waals surface area contributed by atoms with Gasteiger partial charge in [0, 0.05) is 24.1 Å². The smallest absolute Gasteiger partial charge is 0.277 e. The summed E-state index contributed by atoms with van der Waals surface area (Å²) in [5.74, 6) is -0.395. The van der Waals surface area contributed by atoms with Gasteiger partial charge in [0.1, 0.15) is 5.69 Å². The molecule has 0 fully saturated rings. The minimum absolute atomic E-state index is 0.168. The van der Waals surface area contributed by atoms with Crippen LogP contribution >= 0.6 is 11.3 Å². The average Bonchev–Trinajstić information content (AvgIpc) is 3.01. The Morgan fingerprint density at radius 1 is 1.12 bits per heavy atom. The van der Waals surface area contributed by atoms with E-state index in [1.165, 1.54) is 41.6 Å². The van der Waals surface area contributed by atoms with E-state index in [9.17, 15) is 9.59 Å². The molecule has 7 heteroatoms. The lowest BCUT2D eigenvalue weighted by Crippen LogP contribution is -2.23. The van der Waals surface area contributed by atoms with Crippen LogP contribution in [-0.2, 0) is 7.05 Å². The van der Waals surface area contributed by atoms with Crippen molar-refractivity contribution in [3.8, 4) is 11.3 Å². The Labute approximate surface area is 149 Å². The Hall–Kier alpha value is -2.80. The molecule has 3 rings (SSSR count). The molecule has 3 aromatic rings. The number of hydrogen-bond acceptors (Lipinski definition) is 5. The third-order valence-corrected chi connectivity index (χ3v) is 4.79. The van der Waals surface area contributed by atoms with Crippen molar-refractivity contribution >= 4 is 22.4 Å². The van der Waals surface area contributed by atoms with E-state index in [1.54, 1.807) is 0 Å². The van der Waals surface area contributed by atoms with Gasteiger partial charge in [-0.1, -0.05) is 6.07 Å². The van der Waals surface area contributed by atoms with Crippen LogP contribution < -0.4 is 10.9 Å². The predicted molar refractivity (Wildman–Crippen MR) is 99.2 cm³/mol. The Morgan fingerprint density at radius 2 is 1.84 bits per heavy atom. The highest BCUT2D eigenvalue weighted by molar-refractivity contribution is 7.14. The summed E-state index contributed by atoms with van der Waals surface area (Å²) in [6, 6.07) is 6.96. The normalized spacial score (nSPS) is 10.7. The molecule has 0 saturated carbocycles. The number of thiazole rings is 1. The van der Waals surface area contributed by atoms with Crippen LogP contribution in [0.3, 0.4) is 0 Å². The largest absolute Gasteiger partial charge is 0.296 e. The molecule has 0 bridgehead atoms. The van der Waals surface area contributed by atoms with E-state index < -0.39 is 5.91 Å². The molecular formula is C18H18N4O2S. The number of amides is 1. The molecule has 2 aromatic heterocycles. The first-order valence-corrected chi connectivity index (χ1v) is 8.62. The number of aromatic nitrogens is 3. The van der Waals surface area contributed by atoms with Crippen LogP contribution in [-0.4, -0.2) is 20.7 Å². The maximum absolute atomic E-state index is 12.3. The fraction of sp³-hybridized carbons (Fsp3) is 0.222. The summed E-state index contributed by atoms with van der Waals surface area (Å²) < 4.78 is 1.13. The summed E-state index contributed by atoms with van der Waals surface area (Å²) in [4.78, 5) is 28.1. The Kier molecular flexibility index (Phi) is 4.50. The van der Waals surface area contributed by atoms with Gasteiger partial charge < -0.3 is 0 Å². The second-order valence-corrected chi connectivity index (χ2v) is 6.78. The Bertz CT molecular complexity index is 1020. The van der Waals surface area contributed by atoms with E-state index in [1.807, 2.05) is 12.3 Å². The quantitative estimate of drug-likeness (QED) is 0.784. The molecule has 2 heterocycles. The van der Waals surface area contributed by atoms with E-state index in [0.29, 0.717) is 5.13 Å². The van der Waals surface area contributed by atoms with E-state index in [-0.39, 0.29) is 11.3 Å². The molecule has 0 radical (unpaired) electrons. The number of carbonyl (C=O) groups excluding carboxylic acids is 1. The van der Waals surface area contributed by atoms with Crippen molar-refractivity contribution in [3.63, 3.8) is 0 Å². The predicted octanol–water partition coefficient (Wildman–Crippen LogP) is 3.08. The van der Waals surface area contributed by atoms with E-state index in [2.05, 4.69) is 41.4 Å². The first-order chi connectivity index (χ1) is 11.8. The van der Waals surface area contributed by atoms with Gasteiger partial charge in [-0.05, 0) is 49.6 Å². The van der Waals surface area contributed by atoms with Gasteiger partial charge in [0.15, 0.2) is 5.13 Å². The fourth-order valence-corrected chi connectivity index (χ4v) is 3.18. The molecule has 0 saturated heterocycles. The number of anilines is 1. The number of hydrogen-bond donors (Lipinski definition) is 1. The van der Waals surface area contributed by atoms with Crippen LogP contribution in [0.25, 0.3) is 11.3 Å². The maximum atomic E-state index is 12.3. The number of nitrogens with one attached hydrogen (secondary N) is 1. The van der Waals surface area contributed by atoms with E-state index >= 15 is 0 Å². The summed E-state index contributed by atoms with van der Waals surface area (Å²) in [5.41, 5.74) is 5.37. The molecule has 0 aliphatic heterocycles. The molecule has 0 aliphatic carbocycles.